The summed E-state index contributed by atoms with van der Waals surface area (Å²) in [6.07, 6.45) is 1.73. The lowest BCUT2D eigenvalue weighted by atomic mass is 10.1. The number of thiazole rings is 1. The lowest BCUT2D eigenvalue weighted by Gasteiger charge is -2.00. The molecule has 2 aromatic carbocycles. The third-order valence-corrected chi connectivity index (χ3v) is 5.54. The van der Waals surface area contributed by atoms with E-state index in [1.807, 2.05) is 35.9 Å². The summed E-state index contributed by atoms with van der Waals surface area (Å²) in [6, 6.07) is 12.1. The largest absolute Gasteiger partial charge is 0.360 e. The zero-order chi connectivity index (χ0) is 16.8. The number of para-hydroxylation sites is 1. The first-order chi connectivity index (χ1) is 11.5. The number of aromatic nitrogens is 2. The number of amides is 1. The summed E-state index contributed by atoms with van der Waals surface area (Å²) in [6.45, 7) is 4.20. The Morgan fingerprint density at radius 2 is 1.92 bits per heavy atom. The van der Waals surface area contributed by atoms with Crippen molar-refractivity contribution in [1.82, 2.24) is 9.55 Å². The number of benzene rings is 2. The summed E-state index contributed by atoms with van der Waals surface area (Å²) in [4.78, 5) is 20.9. The van der Waals surface area contributed by atoms with Crippen molar-refractivity contribution in [2.75, 3.05) is 0 Å². The Bertz CT molecular complexity index is 1160. The number of hydrogen-bond donors (Lipinski definition) is 1. The van der Waals surface area contributed by atoms with Crippen molar-refractivity contribution in [3.63, 3.8) is 0 Å². The minimum absolute atomic E-state index is 0.219. The van der Waals surface area contributed by atoms with Gasteiger partial charge in [0.2, 0.25) is 0 Å². The van der Waals surface area contributed by atoms with Crippen LogP contribution in [0.3, 0.4) is 0 Å². The zero-order valence-electron chi connectivity index (χ0n) is 13.8. The van der Waals surface area contributed by atoms with Gasteiger partial charge in [0.15, 0.2) is 4.80 Å². The minimum atomic E-state index is -0.219. The van der Waals surface area contributed by atoms with E-state index in [1.165, 1.54) is 11.1 Å². The second kappa shape index (κ2) is 5.46. The van der Waals surface area contributed by atoms with Crippen LogP contribution < -0.4 is 4.80 Å². The van der Waals surface area contributed by atoms with Gasteiger partial charge in [-0.15, -0.1) is 0 Å². The van der Waals surface area contributed by atoms with Gasteiger partial charge in [0.05, 0.1) is 15.8 Å². The number of aryl methyl sites for hydroxylation is 3. The highest BCUT2D eigenvalue weighted by atomic mass is 32.1. The molecular formula is C19H17N3OS. The minimum Gasteiger partial charge on any atom is -0.360 e. The Hall–Kier alpha value is -2.66. The molecule has 1 amide bonds. The number of hydrogen-bond acceptors (Lipinski definition) is 2. The van der Waals surface area contributed by atoms with E-state index in [1.54, 1.807) is 17.5 Å². The number of nitrogens with one attached hydrogen (secondary N) is 1. The molecule has 2 aromatic heterocycles. The van der Waals surface area contributed by atoms with Crippen LogP contribution in [0.4, 0.5) is 0 Å². The van der Waals surface area contributed by atoms with Gasteiger partial charge in [-0.05, 0) is 43.2 Å². The Kier molecular flexibility index (Phi) is 3.39. The van der Waals surface area contributed by atoms with Crippen LogP contribution in [0.2, 0.25) is 0 Å². The van der Waals surface area contributed by atoms with Gasteiger partial charge in [-0.2, -0.15) is 4.99 Å². The molecular weight excluding hydrogens is 318 g/mol. The van der Waals surface area contributed by atoms with Gasteiger partial charge in [0.25, 0.3) is 5.91 Å². The van der Waals surface area contributed by atoms with Gasteiger partial charge in [0, 0.05) is 24.1 Å². The fourth-order valence-electron chi connectivity index (χ4n) is 2.88. The van der Waals surface area contributed by atoms with Crippen molar-refractivity contribution in [3.8, 4) is 0 Å². The molecule has 2 heterocycles. The molecule has 4 aromatic rings. The highest BCUT2D eigenvalue weighted by Gasteiger charge is 2.12. The maximum absolute atomic E-state index is 12.7. The predicted octanol–water partition coefficient (Wildman–Crippen LogP) is 4.08. The smallest absolute Gasteiger partial charge is 0.281 e. The number of carbonyl (C=O) groups is 1. The predicted molar refractivity (Wildman–Crippen MR) is 98.5 cm³/mol. The van der Waals surface area contributed by atoms with E-state index in [2.05, 4.69) is 36.0 Å². The molecule has 0 atom stereocenters. The maximum atomic E-state index is 12.7. The standard InChI is InChI=1S/C19H17N3OS/c1-11-8-16-17(9-12(11)2)24-19(22(16)3)21-18(23)14-10-20-15-7-5-4-6-13(14)15/h4-10,20H,1-3H3. The molecule has 120 valence electrons. The third-order valence-electron chi connectivity index (χ3n) is 4.44. The van der Waals surface area contributed by atoms with Crippen LogP contribution in [0.15, 0.2) is 47.6 Å². The monoisotopic (exact) mass is 335 g/mol. The molecule has 4 nitrogen and oxygen atoms in total. The van der Waals surface area contributed by atoms with Crippen molar-refractivity contribution in [3.05, 3.63) is 64.1 Å². The summed E-state index contributed by atoms with van der Waals surface area (Å²) < 4.78 is 3.13. The molecule has 0 unspecified atom stereocenters. The van der Waals surface area contributed by atoms with Gasteiger partial charge < -0.3 is 9.55 Å². The molecule has 4 rings (SSSR count). The fraction of sp³-hybridized carbons (Fsp3) is 0.158. The lowest BCUT2D eigenvalue weighted by Crippen LogP contribution is -2.13. The van der Waals surface area contributed by atoms with E-state index >= 15 is 0 Å². The highest BCUT2D eigenvalue weighted by molar-refractivity contribution is 7.16. The molecule has 0 aliphatic rings. The van der Waals surface area contributed by atoms with Crippen LogP contribution in [0, 0.1) is 13.8 Å². The van der Waals surface area contributed by atoms with Crippen LogP contribution in [-0.2, 0) is 7.05 Å². The van der Waals surface area contributed by atoms with Crippen LogP contribution >= 0.6 is 11.3 Å². The fourth-order valence-corrected chi connectivity index (χ4v) is 3.98. The maximum Gasteiger partial charge on any atom is 0.281 e. The Morgan fingerprint density at radius 1 is 1.17 bits per heavy atom. The van der Waals surface area contributed by atoms with Gasteiger partial charge >= 0.3 is 0 Å². The zero-order valence-corrected chi connectivity index (χ0v) is 14.6. The summed E-state index contributed by atoms with van der Waals surface area (Å²) in [7, 11) is 1.95. The quantitative estimate of drug-likeness (QED) is 0.560. The molecule has 0 saturated carbocycles. The molecule has 0 fully saturated rings. The summed E-state index contributed by atoms with van der Waals surface area (Å²) in [5.41, 5.74) is 5.15. The SMILES string of the molecule is Cc1cc2sc(=NC(=O)c3c[nH]c4ccccc34)n(C)c2cc1C. The van der Waals surface area contributed by atoms with Crippen molar-refractivity contribution < 1.29 is 4.79 Å². The van der Waals surface area contributed by atoms with E-state index in [0.717, 1.165) is 21.1 Å². The van der Waals surface area contributed by atoms with E-state index in [0.29, 0.717) is 10.4 Å². The van der Waals surface area contributed by atoms with E-state index in [9.17, 15) is 4.79 Å². The number of carbonyl (C=O) groups excluding carboxylic acids is 1. The van der Waals surface area contributed by atoms with Gasteiger partial charge in [-0.3, -0.25) is 4.79 Å². The van der Waals surface area contributed by atoms with Crippen LogP contribution in [0.5, 0.6) is 0 Å². The van der Waals surface area contributed by atoms with Crippen molar-refractivity contribution in [1.29, 1.82) is 0 Å². The molecule has 5 heteroatoms. The Morgan fingerprint density at radius 3 is 2.75 bits per heavy atom. The van der Waals surface area contributed by atoms with Gasteiger partial charge in [0.1, 0.15) is 0 Å². The van der Waals surface area contributed by atoms with E-state index in [-0.39, 0.29) is 5.91 Å². The van der Waals surface area contributed by atoms with Crippen molar-refractivity contribution >= 4 is 38.4 Å². The van der Waals surface area contributed by atoms with Crippen LogP contribution in [-0.4, -0.2) is 15.5 Å². The first-order valence-electron chi connectivity index (χ1n) is 7.76. The van der Waals surface area contributed by atoms with E-state index < -0.39 is 0 Å². The average Bonchev–Trinajstić information content (AvgIpc) is 3.11. The molecule has 24 heavy (non-hydrogen) atoms. The molecule has 0 bridgehead atoms. The Balaban J connectivity index is 1.87. The molecule has 0 saturated heterocycles. The first kappa shape index (κ1) is 14.9. The normalized spacial score (nSPS) is 12.4. The number of H-pyrrole nitrogens is 1. The van der Waals surface area contributed by atoms with Crippen LogP contribution in [0.25, 0.3) is 21.1 Å². The summed E-state index contributed by atoms with van der Waals surface area (Å²) in [5, 5.41) is 0.904. The third kappa shape index (κ3) is 2.29. The summed E-state index contributed by atoms with van der Waals surface area (Å²) in [5.74, 6) is -0.219. The van der Waals surface area contributed by atoms with Crippen molar-refractivity contribution in [2.45, 2.75) is 13.8 Å². The van der Waals surface area contributed by atoms with Gasteiger partial charge in [-0.1, -0.05) is 29.5 Å². The topological polar surface area (TPSA) is 50.1 Å². The second-order valence-corrected chi connectivity index (χ2v) is 7.02. The van der Waals surface area contributed by atoms with Gasteiger partial charge in [-0.25, -0.2) is 0 Å². The number of aromatic amines is 1. The molecule has 0 radical (unpaired) electrons. The molecule has 0 aliphatic carbocycles. The Labute approximate surface area is 143 Å². The lowest BCUT2D eigenvalue weighted by molar-refractivity contribution is 0.0999. The van der Waals surface area contributed by atoms with E-state index in [4.69, 9.17) is 0 Å². The van der Waals surface area contributed by atoms with Crippen molar-refractivity contribution in [2.24, 2.45) is 12.0 Å². The number of rotatable bonds is 1. The highest BCUT2D eigenvalue weighted by Crippen LogP contribution is 2.22. The second-order valence-electron chi connectivity index (χ2n) is 6.01. The first-order valence-corrected chi connectivity index (χ1v) is 8.58. The molecule has 0 aliphatic heterocycles. The number of nitrogens with zero attached hydrogens (tertiary/aromatic N) is 2. The van der Waals surface area contributed by atoms with Crippen LogP contribution in [0.1, 0.15) is 21.5 Å². The molecule has 0 spiro atoms. The molecule has 1 N–H and O–H groups in total. The summed E-state index contributed by atoms with van der Waals surface area (Å²) >= 11 is 1.54. The number of fused-ring (bicyclic) bond motifs is 2. The average molecular weight is 335 g/mol.